The summed E-state index contributed by atoms with van der Waals surface area (Å²) < 4.78 is 0. The van der Waals surface area contributed by atoms with Crippen LogP contribution in [0, 0.1) is 10.1 Å². The van der Waals surface area contributed by atoms with Gasteiger partial charge in [-0.15, -0.1) is 0 Å². The number of nitro benzene ring substituents is 1. The number of nitrogens with one attached hydrogen (secondary N) is 1. The number of aromatic nitrogens is 1. The number of hydrogen-bond acceptors (Lipinski definition) is 3. The van der Waals surface area contributed by atoms with Gasteiger partial charge in [0.05, 0.1) is 4.92 Å². The number of H-pyrrole nitrogens is 1. The summed E-state index contributed by atoms with van der Waals surface area (Å²) in [5.41, 5.74) is 2.87. The second-order valence-electron chi connectivity index (χ2n) is 4.68. The van der Waals surface area contributed by atoms with Crippen LogP contribution in [0.2, 0.25) is 0 Å². The van der Waals surface area contributed by atoms with Crippen LogP contribution in [-0.4, -0.2) is 15.7 Å². The van der Waals surface area contributed by atoms with E-state index in [1.807, 2.05) is 33.0 Å². The van der Waals surface area contributed by atoms with Crippen molar-refractivity contribution in [2.45, 2.75) is 40.5 Å². The van der Waals surface area contributed by atoms with Gasteiger partial charge in [0.2, 0.25) is 0 Å². The number of carbonyl (C=O) groups excluding carboxylic acids is 1. The van der Waals surface area contributed by atoms with E-state index in [1.54, 1.807) is 19.1 Å². The maximum absolute atomic E-state index is 11.1. The van der Waals surface area contributed by atoms with E-state index in [0.717, 1.165) is 28.5 Å². The summed E-state index contributed by atoms with van der Waals surface area (Å²) in [6.45, 7) is 7.55. The lowest BCUT2D eigenvalue weighted by molar-refractivity contribution is -0.384. The van der Waals surface area contributed by atoms with Crippen LogP contribution in [0.4, 0.5) is 5.69 Å². The molecule has 2 aromatic rings. The molecule has 5 heteroatoms. The molecule has 0 bridgehead atoms. The molecule has 5 nitrogen and oxygen atoms in total. The van der Waals surface area contributed by atoms with E-state index in [0.29, 0.717) is 6.42 Å². The van der Waals surface area contributed by atoms with Gasteiger partial charge in [-0.05, 0) is 25.0 Å². The van der Waals surface area contributed by atoms with Gasteiger partial charge in [0.25, 0.3) is 5.69 Å². The van der Waals surface area contributed by atoms with Crippen molar-refractivity contribution in [3.8, 4) is 0 Å². The Kier molecular flexibility index (Phi) is 6.50. The minimum atomic E-state index is -0.402. The highest BCUT2D eigenvalue weighted by Crippen LogP contribution is 2.30. The highest BCUT2D eigenvalue weighted by atomic mass is 16.6. The van der Waals surface area contributed by atoms with Gasteiger partial charge in [0.15, 0.2) is 0 Å². The van der Waals surface area contributed by atoms with Crippen molar-refractivity contribution in [1.82, 2.24) is 4.98 Å². The monoisotopic (exact) mass is 302 g/mol. The molecule has 1 aromatic heterocycles. The molecule has 0 amide bonds. The topological polar surface area (TPSA) is 76.0 Å². The van der Waals surface area contributed by atoms with Crippen LogP contribution in [0.15, 0.2) is 30.5 Å². The Morgan fingerprint density at radius 1 is 1.36 bits per heavy atom. The fraction of sp³-hybridized carbons (Fsp3) is 0.353. The fourth-order valence-corrected chi connectivity index (χ4v) is 2.20. The maximum Gasteiger partial charge on any atom is 0.270 e. The molecule has 0 saturated carbocycles. The molecule has 0 fully saturated rings. The van der Waals surface area contributed by atoms with Gasteiger partial charge < -0.3 is 4.98 Å². The number of aromatic amines is 1. The number of carbonyl (C=O) groups is 1. The standard InChI is InChI=1S/C15H16N2O3.C2H6/c1-3-11(5-4-10(2)18)14-9-16-15-7-6-12(17(19)20)8-13(14)15;1-2/h5-9,16H,3-4H2,1-2H3;1-2H3/b11-5+;. The lowest BCUT2D eigenvalue weighted by atomic mass is 10.0. The number of fused-ring (bicyclic) bond motifs is 1. The van der Waals surface area contributed by atoms with Crippen LogP contribution >= 0.6 is 0 Å². The maximum atomic E-state index is 11.1. The first-order valence-corrected chi connectivity index (χ1v) is 7.47. The Hall–Kier alpha value is -2.43. The van der Waals surface area contributed by atoms with E-state index in [-0.39, 0.29) is 11.5 Å². The smallest absolute Gasteiger partial charge is 0.270 e. The molecule has 0 aliphatic carbocycles. The molecule has 2 rings (SSSR count). The molecule has 1 aromatic carbocycles. The number of benzene rings is 1. The number of rotatable bonds is 5. The lowest BCUT2D eigenvalue weighted by Gasteiger charge is -2.03. The number of ketones is 1. The largest absolute Gasteiger partial charge is 0.361 e. The van der Waals surface area contributed by atoms with Crippen molar-refractivity contribution in [3.05, 3.63) is 46.1 Å². The van der Waals surface area contributed by atoms with Crippen molar-refractivity contribution >= 4 is 27.9 Å². The molecule has 0 saturated heterocycles. The molecule has 0 radical (unpaired) electrons. The quantitative estimate of drug-likeness (QED) is 0.632. The SMILES string of the molecule is CC.CC/C(=C\CC(C)=O)c1c[nH]c2ccc([N+](=O)[O-])cc12. The number of nitro groups is 1. The van der Waals surface area contributed by atoms with Crippen LogP contribution < -0.4 is 0 Å². The molecule has 0 atom stereocenters. The third-order valence-corrected chi connectivity index (χ3v) is 3.24. The fourth-order valence-electron chi connectivity index (χ4n) is 2.20. The molecular weight excluding hydrogens is 280 g/mol. The Morgan fingerprint density at radius 2 is 2.05 bits per heavy atom. The zero-order valence-corrected chi connectivity index (χ0v) is 13.5. The Balaban J connectivity index is 0.00000116. The molecule has 22 heavy (non-hydrogen) atoms. The second kappa shape index (κ2) is 8.12. The molecule has 0 aliphatic heterocycles. The van der Waals surface area contributed by atoms with E-state index < -0.39 is 4.92 Å². The molecule has 1 N–H and O–H groups in total. The minimum Gasteiger partial charge on any atom is -0.361 e. The van der Waals surface area contributed by atoms with Gasteiger partial charge in [-0.25, -0.2) is 0 Å². The normalized spacial score (nSPS) is 11.0. The van der Waals surface area contributed by atoms with Crippen molar-refractivity contribution in [2.75, 3.05) is 0 Å². The molecule has 0 aliphatic rings. The van der Waals surface area contributed by atoms with Crippen molar-refractivity contribution in [3.63, 3.8) is 0 Å². The summed E-state index contributed by atoms with van der Waals surface area (Å²) in [5.74, 6) is 0.0989. The Morgan fingerprint density at radius 3 is 2.59 bits per heavy atom. The third kappa shape index (κ3) is 4.04. The summed E-state index contributed by atoms with van der Waals surface area (Å²) >= 11 is 0. The van der Waals surface area contributed by atoms with Gasteiger partial charge in [-0.1, -0.05) is 26.8 Å². The number of Topliss-reactive ketones (excluding diaryl/α,β-unsaturated/α-hetero) is 1. The molecule has 0 spiro atoms. The van der Waals surface area contributed by atoms with Gasteiger partial charge in [-0.2, -0.15) is 0 Å². The first-order valence-electron chi connectivity index (χ1n) is 7.47. The average Bonchev–Trinajstić information content (AvgIpc) is 2.93. The van der Waals surface area contributed by atoms with Crippen LogP contribution in [0.3, 0.4) is 0 Å². The second-order valence-corrected chi connectivity index (χ2v) is 4.68. The predicted molar refractivity (Wildman–Crippen MR) is 89.9 cm³/mol. The Labute approximate surface area is 130 Å². The summed E-state index contributed by atoms with van der Waals surface area (Å²) in [6.07, 6.45) is 4.88. The van der Waals surface area contributed by atoms with Gasteiger partial charge in [-0.3, -0.25) is 14.9 Å². The van der Waals surface area contributed by atoms with Crippen LogP contribution in [-0.2, 0) is 4.79 Å². The Bertz CT molecular complexity index is 699. The van der Waals surface area contributed by atoms with E-state index in [2.05, 4.69) is 4.98 Å². The van der Waals surface area contributed by atoms with E-state index in [9.17, 15) is 14.9 Å². The first kappa shape index (κ1) is 17.6. The highest BCUT2D eigenvalue weighted by molar-refractivity contribution is 5.94. The van der Waals surface area contributed by atoms with Gasteiger partial charge in [0.1, 0.15) is 5.78 Å². The van der Waals surface area contributed by atoms with E-state index in [4.69, 9.17) is 0 Å². The zero-order chi connectivity index (χ0) is 16.7. The first-order chi connectivity index (χ1) is 10.5. The van der Waals surface area contributed by atoms with Crippen LogP contribution in [0.5, 0.6) is 0 Å². The molecule has 1 heterocycles. The number of allylic oxidation sites excluding steroid dienone is 2. The molecule has 118 valence electrons. The summed E-state index contributed by atoms with van der Waals surface area (Å²) in [6, 6.07) is 4.75. The molecular formula is C17H22N2O3. The number of nitrogens with zero attached hydrogens (tertiary/aromatic N) is 1. The van der Waals surface area contributed by atoms with Gasteiger partial charge in [0, 0.05) is 41.2 Å². The molecule has 0 unspecified atom stereocenters. The lowest BCUT2D eigenvalue weighted by Crippen LogP contribution is -1.89. The van der Waals surface area contributed by atoms with Crippen LogP contribution in [0.25, 0.3) is 16.5 Å². The van der Waals surface area contributed by atoms with E-state index >= 15 is 0 Å². The predicted octanol–water partition coefficient (Wildman–Crippen LogP) is 4.87. The number of hydrogen-bond donors (Lipinski definition) is 1. The van der Waals surface area contributed by atoms with E-state index in [1.165, 1.54) is 6.07 Å². The zero-order valence-electron chi connectivity index (χ0n) is 13.5. The average molecular weight is 302 g/mol. The third-order valence-electron chi connectivity index (χ3n) is 3.24. The summed E-state index contributed by atoms with van der Waals surface area (Å²) in [7, 11) is 0. The number of non-ortho nitro benzene ring substituents is 1. The van der Waals surface area contributed by atoms with Gasteiger partial charge >= 0.3 is 0 Å². The highest BCUT2D eigenvalue weighted by Gasteiger charge is 2.12. The van der Waals surface area contributed by atoms with Crippen molar-refractivity contribution in [2.24, 2.45) is 0 Å². The summed E-state index contributed by atoms with van der Waals surface area (Å²) in [5, 5.41) is 11.7. The van der Waals surface area contributed by atoms with Crippen molar-refractivity contribution in [1.29, 1.82) is 0 Å². The minimum absolute atomic E-state index is 0.0698. The van der Waals surface area contributed by atoms with Crippen molar-refractivity contribution < 1.29 is 9.72 Å². The summed E-state index contributed by atoms with van der Waals surface area (Å²) in [4.78, 5) is 24.7. The van der Waals surface area contributed by atoms with Crippen LogP contribution in [0.1, 0.15) is 46.1 Å².